The van der Waals surface area contributed by atoms with Crippen molar-refractivity contribution in [2.75, 3.05) is 4.90 Å². The van der Waals surface area contributed by atoms with Crippen molar-refractivity contribution in [1.82, 2.24) is 5.43 Å². The van der Waals surface area contributed by atoms with Crippen LogP contribution >= 0.6 is 0 Å². The number of hydrazine groups is 1. The second-order valence-corrected chi connectivity index (χ2v) is 7.16. The van der Waals surface area contributed by atoms with Crippen molar-refractivity contribution in [3.63, 3.8) is 0 Å². The first-order valence-corrected chi connectivity index (χ1v) is 8.22. The number of rotatable bonds is 4. The molecule has 0 radical (unpaired) electrons. The van der Waals surface area contributed by atoms with Crippen molar-refractivity contribution in [3.05, 3.63) is 29.3 Å². The van der Waals surface area contributed by atoms with Crippen molar-refractivity contribution in [3.8, 4) is 0 Å². The highest BCUT2D eigenvalue weighted by molar-refractivity contribution is 5.86. The number of amides is 1. The zero-order chi connectivity index (χ0) is 16.5. The molecular weight excluding hydrogens is 274 g/mol. The number of benzene rings is 1. The van der Waals surface area contributed by atoms with Gasteiger partial charge in [-0.1, -0.05) is 32.4 Å². The first-order chi connectivity index (χ1) is 10.3. The van der Waals surface area contributed by atoms with Crippen molar-refractivity contribution in [1.29, 1.82) is 0 Å². The average molecular weight is 303 g/mol. The summed E-state index contributed by atoms with van der Waals surface area (Å²) in [5.41, 5.74) is 6.02. The minimum atomic E-state index is -0.224. The molecule has 1 heterocycles. The Bertz CT molecular complexity index is 553. The minimum Gasteiger partial charge on any atom is -0.354 e. The van der Waals surface area contributed by atoms with Gasteiger partial charge >= 0.3 is 0 Å². The van der Waals surface area contributed by atoms with E-state index in [1.165, 1.54) is 16.8 Å². The summed E-state index contributed by atoms with van der Waals surface area (Å²) in [4.78, 5) is 14.7. The van der Waals surface area contributed by atoms with Crippen LogP contribution in [0, 0.1) is 6.92 Å². The third-order valence-electron chi connectivity index (χ3n) is 4.75. The van der Waals surface area contributed by atoms with Gasteiger partial charge < -0.3 is 4.90 Å². The SMILES string of the molecule is CCC[C@@H](C(=O)NN)N1c2cc(C)ccc2[C@H](C)CC1(C)C. The van der Waals surface area contributed by atoms with Crippen LogP contribution in [-0.4, -0.2) is 17.5 Å². The average Bonchev–Trinajstić information content (AvgIpc) is 2.44. The highest BCUT2D eigenvalue weighted by atomic mass is 16.2. The molecule has 122 valence electrons. The molecule has 2 atom stereocenters. The van der Waals surface area contributed by atoms with Gasteiger partial charge in [0.2, 0.25) is 0 Å². The third-order valence-corrected chi connectivity index (χ3v) is 4.75. The summed E-state index contributed by atoms with van der Waals surface area (Å²) in [6.45, 7) is 10.9. The van der Waals surface area contributed by atoms with Crippen LogP contribution in [0.3, 0.4) is 0 Å². The van der Waals surface area contributed by atoms with Gasteiger partial charge in [-0.15, -0.1) is 0 Å². The summed E-state index contributed by atoms with van der Waals surface area (Å²) < 4.78 is 0. The van der Waals surface area contributed by atoms with Crippen LogP contribution in [0.2, 0.25) is 0 Å². The number of nitrogens with zero attached hydrogens (tertiary/aromatic N) is 1. The molecule has 1 amide bonds. The Morgan fingerprint density at radius 1 is 1.50 bits per heavy atom. The largest absolute Gasteiger partial charge is 0.354 e. The quantitative estimate of drug-likeness (QED) is 0.510. The van der Waals surface area contributed by atoms with E-state index < -0.39 is 0 Å². The number of aryl methyl sites for hydroxylation is 1. The molecular formula is C18H29N3O. The number of hydrogen-bond donors (Lipinski definition) is 2. The number of carbonyl (C=O) groups excluding carboxylic acids is 1. The Kier molecular flexibility index (Phi) is 4.81. The number of hydrogen-bond acceptors (Lipinski definition) is 3. The monoisotopic (exact) mass is 303 g/mol. The van der Waals surface area contributed by atoms with Crippen LogP contribution in [0.5, 0.6) is 0 Å². The fourth-order valence-corrected chi connectivity index (χ4v) is 3.90. The second kappa shape index (κ2) is 6.29. The van der Waals surface area contributed by atoms with Gasteiger partial charge in [0.05, 0.1) is 0 Å². The molecule has 0 saturated heterocycles. The van der Waals surface area contributed by atoms with E-state index in [4.69, 9.17) is 5.84 Å². The van der Waals surface area contributed by atoms with Crippen LogP contribution in [0.4, 0.5) is 5.69 Å². The van der Waals surface area contributed by atoms with E-state index in [-0.39, 0.29) is 17.5 Å². The van der Waals surface area contributed by atoms with E-state index in [0.717, 1.165) is 19.3 Å². The lowest BCUT2D eigenvalue weighted by molar-refractivity contribution is -0.123. The molecule has 0 fully saturated rings. The summed E-state index contributed by atoms with van der Waals surface area (Å²) in [5.74, 6) is 5.84. The molecule has 4 nitrogen and oxygen atoms in total. The molecule has 0 spiro atoms. The standard InChI is InChI=1S/C18H29N3O/c1-6-7-15(17(22)20-19)21-16-10-12(2)8-9-14(16)13(3)11-18(21,4)5/h8-10,13,15H,6-7,11,19H2,1-5H3,(H,20,22)/t13-,15+/m1/s1. The van der Waals surface area contributed by atoms with E-state index in [9.17, 15) is 4.79 Å². The van der Waals surface area contributed by atoms with Crippen LogP contribution in [0.25, 0.3) is 0 Å². The number of fused-ring (bicyclic) bond motifs is 1. The molecule has 1 aliphatic heterocycles. The van der Waals surface area contributed by atoms with Gasteiger partial charge in [0.1, 0.15) is 6.04 Å². The lowest BCUT2D eigenvalue weighted by Gasteiger charge is -2.50. The van der Waals surface area contributed by atoms with Gasteiger partial charge in [0.15, 0.2) is 0 Å². The molecule has 0 saturated carbocycles. The zero-order valence-electron chi connectivity index (χ0n) is 14.4. The smallest absolute Gasteiger partial charge is 0.256 e. The lowest BCUT2D eigenvalue weighted by Crippen LogP contribution is -2.59. The molecule has 4 heteroatoms. The highest BCUT2D eigenvalue weighted by Gasteiger charge is 2.41. The van der Waals surface area contributed by atoms with Gasteiger partial charge in [0.25, 0.3) is 5.91 Å². The fourth-order valence-electron chi connectivity index (χ4n) is 3.90. The molecule has 0 bridgehead atoms. The van der Waals surface area contributed by atoms with Gasteiger partial charge in [-0.25, -0.2) is 5.84 Å². The van der Waals surface area contributed by atoms with Gasteiger partial charge in [-0.2, -0.15) is 0 Å². The molecule has 1 aromatic carbocycles. The van der Waals surface area contributed by atoms with Crippen LogP contribution in [-0.2, 0) is 4.79 Å². The summed E-state index contributed by atoms with van der Waals surface area (Å²) in [6, 6.07) is 6.35. The van der Waals surface area contributed by atoms with Crippen molar-refractivity contribution >= 4 is 11.6 Å². The Hall–Kier alpha value is -1.55. The van der Waals surface area contributed by atoms with Crippen molar-refractivity contribution < 1.29 is 4.79 Å². The van der Waals surface area contributed by atoms with Crippen molar-refractivity contribution in [2.24, 2.45) is 5.84 Å². The lowest BCUT2D eigenvalue weighted by atomic mass is 9.78. The molecule has 3 N–H and O–H groups in total. The van der Waals surface area contributed by atoms with Crippen LogP contribution < -0.4 is 16.2 Å². The van der Waals surface area contributed by atoms with Gasteiger partial charge in [-0.3, -0.25) is 10.2 Å². The van der Waals surface area contributed by atoms with E-state index in [0.29, 0.717) is 5.92 Å². The molecule has 1 aromatic rings. The second-order valence-electron chi connectivity index (χ2n) is 7.16. The summed E-state index contributed by atoms with van der Waals surface area (Å²) in [6.07, 6.45) is 2.77. The first kappa shape index (κ1) is 16.8. The number of nitrogens with one attached hydrogen (secondary N) is 1. The maximum Gasteiger partial charge on any atom is 0.256 e. The topological polar surface area (TPSA) is 58.4 Å². The third kappa shape index (κ3) is 2.98. The fraction of sp³-hybridized carbons (Fsp3) is 0.611. The predicted octanol–water partition coefficient (Wildman–Crippen LogP) is 3.25. The Morgan fingerprint density at radius 2 is 2.18 bits per heavy atom. The molecule has 2 rings (SSSR count). The van der Waals surface area contributed by atoms with E-state index in [1.54, 1.807) is 0 Å². The highest BCUT2D eigenvalue weighted by Crippen LogP contribution is 2.45. The summed E-state index contributed by atoms with van der Waals surface area (Å²) in [5, 5.41) is 0. The normalized spacial score (nSPS) is 21.2. The van der Waals surface area contributed by atoms with Crippen LogP contribution in [0.15, 0.2) is 18.2 Å². The van der Waals surface area contributed by atoms with Gasteiger partial charge in [0, 0.05) is 11.2 Å². The summed E-state index contributed by atoms with van der Waals surface area (Å²) >= 11 is 0. The first-order valence-electron chi connectivity index (χ1n) is 8.22. The van der Waals surface area contributed by atoms with E-state index in [2.05, 4.69) is 63.1 Å². The zero-order valence-corrected chi connectivity index (χ0v) is 14.4. The Morgan fingerprint density at radius 3 is 2.77 bits per heavy atom. The maximum atomic E-state index is 12.4. The molecule has 0 aromatic heterocycles. The number of carbonyl (C=O) groups is 1. The minimum absolute atomic E-state index is 0.0768. The molecule has 22 heavy (non-hydrogen) atoms. The molecule has 0 unspecified atom stereocenters. The van der Waals surface area contributed by atoms with Crippen LogP contribution in [0.1, 0.15) is 64.0 Å². The van der Waals surface area contributed by atoms with Crippen molar-refractivity contribution in [2.45, 2.75) is 71.4 Å². The van der Waals surface area contributed by atoms with E-state index in [1.807, 2.05) is 0 Å². The number of nitrogens with two attached hydrogens (primary N) is 1. The van der Waals surface area contributed by atoms with Gasteiger partial charge in [-0.05, 0) is 56.7 Å². The Balaban J connectivity index is 2.57. The maximum absolute atomic E-state index is 12.4. The number of anilines is 1. The molecule has 1 aliphatic rings. The Labute approximate surface area is 134 Å². The molecule has 0 aliphatic carbocycles. The predicted molar refractivity (Wildman–Crippen MR) is 91.8 cm³/mol. The summed E-state index contributed by atoms with van der Waals surface area (Å²) in [7, 11) is 0. The van der Waals surface area contributed by atoms with E-state index >= 15 is 0 Å².